The Balaban J connectivity index is 1.67. The number of hydrogen-bond acceptors (Lipinski definition) is 5. The molecule has 1 fully saturated rings. The highest BCUT2D eigenvalue weighted by Crippen LogP contribution is 2.17. The molecule has 2 aromatic heterocycles. The lowest BCUT2D eigenvalue weighted by atomic mass is 10.4. The molecular formula is C11H13N5OS. The summed E-state index contributed by atoms with van der Waals surface area (Å²) in [5.41, 5.74) is 0. The second-order valence-electron chi connectivity index (χ2n) is 4.15. The van der Waals surface area contributed by atoms with Crippen molar-refractivity contribution in [3.63, 3.8) is 0 Å². The normalized spacial score (nSPS) is 15.4. The van der Waals surface area contributed by atoms with E-state index < -0.39 is 0 Å². The maximum atomic E-state index is 11.9. The Kier molecular flexibility index (Phi) is 3.14. The van der Waals surface area contributed by atoms with E-state index in [1.165, 1.54) is 11.8 Å². The number of thioether (sulfide) groups is 1. The van der Waals surface area contributed by atoms with Gasteiger partial charge in [-0.3, -0.25) is 9.20 Å². The van der Waals surface area contributed by atoms with E-state index in [1.54, 1.807) is 10.6 Å². The molecule has 0 unspecified atom stereocenters. The van der Waals surface area contributed by atoms with Crippen LogP contribution in [0.3, 0.4) is 0 Å². The van der Waals surface area contributed by atoms with Crippen LogP contribution in [0.2, 0.25) is 0 Å². The van der Waals surface area contributed by atoms with Crippen LogP contribution in [0.15, 0.2) is 23.6 Å². The molecule has 3 rings (SSSR count). The maximum absolute atomic E-state index is 11.9. The largest absolute Gasteiger partial charge is 0.342 e. The first-order valence-corrected chi connectivity index (χ1v) is 6.89. The van der Waals surface area contributed by atoms with E-state index in [9.17, 15) is 4.79 Å². The summed E-state index contributed by atoms with van der Waals surface area (Å²) < 4.78 is 1.79. The van der Waals surface area contributed by atoms with Crippen LogP contribution in [0.5, 0.6) is 0 Å². The number of carbonyl (C=O) groups is 1. The lowest BCUT2D eigenvalue weighted by molar-refractivity contribution is -0.127. The van der Waals surface area contributed by atoms with Crippen molar-refractivity contribution in [1.82, 2.24) is 24.5 Å². The molecule has 0 aromatic carbocycles. The quantitative estimate of drug-likeness (QED) is 0.768. The number of fused-ring (bicyclic) bond motifs is 1. The van der Waals surface area contributed by atoms with Crippen LogP contribution in [-0.2, 0) is 4.79 Å². The van der Waals surface area contributed by atoms with Gasteiger partial charge in [0, 0.05) is 25.5 Å². The summed E-state index contributed by atoms with van der Waals surface area (Å²) in [5, 5.41) is 8.70. The predicted molar refractivity (Wildman–Crippen MR) is 67.3 cm³/mol. The Bertz CT molecular complexity index is 563. The number of carbonyl (C=O) groups excluding carboxylic acids is 1. The predicted octanol–water partition coefficient (Wildman–Crippen LogP) is 0.839. The van der Waals surface area contributed by atoms with E-state index >= 15 is 0 Å². The van der Waals surface area contributed by atoms with Gasteiger partial charge in [0.25, 0.3) is 5.78 Å². The van der Waals surface area contributed by atoms with Gasteiger partial charge in [-0.2, -0.15) is 0 Å². The van der Waals surface area contributed by atoms with Gasteiger partial charge >= 0.3 is 0 Å². The molecule has 0 atom stereocenters. The minimum absolute atomic E-state index is 0.179. The summed E-state index contributed by atoms with van der Waals surface area (Å²) in [6, 6.07) is 1.82. The van der Waals surface area contributed by atoms with Gasteiger partial charge in [-0.15, -0.1) is 10.2 Å². The van der Waals surface area contributed by atoms with Gasteiger partial charge in [-0.1, -0.05) is 11.8 Å². The van der Waals surface area contributed by atoms with Crippen molar-refractivity contribution in [1.29, 1.82) is 0 Å². The molecule has 1 aliphatic heterocycles. The first kappa shape index (κ1) is 11.5. The van der Waals surface area contributed by atoms with Crippen LogP contribution in [0, 0.1) is 0 Å². The van der Waals surface area contributed by atoms with Crippen LogP contribution in [-0.4, -0.2) is 49.2 Å². The third-order valence-electron chi connectivity index (χ3n) is 2.94. The third kappa shape index (κ3) is 2.17. The molecule has 1 amide bonds. The SMILES string of the molecule is O=C(CSc1nnc2ncccn12)N1CCCC1. The van der Waals surface area contributed by atoms with E-state index in [4.69, 9.17) is 0 Å². The highest BCUT2D eigenvalue weighted by molar-refractivity contribution is 7.99. The van der Waals surface area contributed by atoms with Gasteiger partial charge in [0.1, 0.15) is 0 Å². The Morgan fingerprint density at radius 1 is 1.33 bits per heavy atom. The molecule has 0 radical (unpaired) electrons. The Hall–Kier alpha value is -1.63. The van der Waals surface area contributed by atoms with Crippen LogP contribution in [0.25, 0.3) is 5.78 Å². The van der Waals surface area contributed by atoms with Crippen LogP contribution in [0.4, 0.5) is 0 Å². The number of hydrogen-bond donors (Lipinski definition) is 0. The van der Waals surface area contributed by atoms with E-state index in [1.807, 2.05) is 17.2 Å². The molecular weight excluding hydrogens is 250 g/mol. The van der Waals surface area contributed by atoms with Gasteiger partial charge in [0.2, 0.25) is 5.91 Å². The highest BCUT2D eigenvalue weighted by atomic mass is 32.2. The molecule has 2 aromatic rings. The lowest BCUT2D eigenvalue weighted by Gasteiger charge is -2.13. The fourth-order valence-electron chi connectivity index (χ4n) is 2.00. The fourth-order valence-corrected chi connectivity index (χ4v) is 2.82. The number of likely N-dealkylation sites (tertiary alicyclic amines) is 1. The van der Waals surface area contributed by atoms with Crippen LogP contribution < -0.4 is 0 Å². The standard InChI is InChI=1S/C11H13N5OS/c17-9(15-5-1-2-6-15)8-18-11-14-13-10-12-4-3-7-16(10)11/h3-4,7H,1-2,5-6,8H2. The van der Waals surface area contributed by atoms with E-state index in [0.717, 1.165) is 25.9 Å². The van der Waals surface area contributed by atoms with Crippen molar-refractivity contribution in [2.45, 2.75) is 18.0 Å². The monoisotopic (exact) mass is 263 g/mol. The molecule has 94 valence electrons. The minimum atomic E-state index is 0.179. The van der Waals surface area contributed by atoms with Crippen molar-refractivity contribution in [3.8, 4) is 0 Å². The average Bonchev–Trinajstić information content (AvgIpc) is 3.06. The Morgan fingerprint density at radius 3 is 3.00 bits per heavy atom. The number of rotatable bonds is 3. The molecule has 1 saturated heterocycles. The molecule has 0 N–H and O–H groups in total. The molecule has 0 spiro atoms. The zero-order valence-corrected chi connectivity index (χ0v) is 10.6. The second-order valence-corrected chi connectivity index (χ2v) is 5.09. The Labute approximate surface area is 108 Å². The van der Waals surface area contributed by atoms with Crippen LogP contribution in [0.1, 0.15) is 12.8 Å². The van der Waals surface area contributed by atoms with Crippen molar-refractivity contribution in [3.05, 3.63) is 18.5 Å². The first-order chi connectivity index (χ1) is 8.84. The molecule has 18 heavy (non-hydrogen) atoms. The summed E-state index contributed by atoms with van der Waals surface area (Å²) >= 11 is 1.41. The summed E-state index contributed by atoms with van der Waals surface area (Å²) in [6.45, 7) is 1.78. The smallest absolute Gasteiger partial charge is 0.255 e. The van der Waals surface area contributed by atoms with Gasteiger partial charge in [0.05, 0.1) is 5.75 Å². The van der Waals surface area contributed by atoms with Crippen molar-refractivity contribution in [2.75, 3.05) is 18.8 Å². The minimum Gasteiger partial charge on any atom is -0.342 e. The topological polar surface area (TPSA) is 63.4 Å². The van der Waals surface area contributed by atoms with Gasteiger partial charge in [-0.05, 0) is 18.9 Å². The van der Waals surface area contributed by atoms with Crippen LogP contribution >= 0.6 is 11.8 Å². The van der Waals surface area contributed by atoms with Crippen molar-refractivity contribution < 1.29 is 4.79 Å². The molecule has 0 saturated carbocycles. The second kappa shape index (κ2) is 4.93. The highest BCUT2D eigenvalue weighted by Gasteiger charge is 2.18. The molecule has 7 heteroatoms. The molecule has 0 aliphatic carbocycles. The summed E-state index contributed by atoms with van der Waals surface area (Å²) in [7, 11) is 0. The van der Waals surface area contributed by atoms with E-state index in [-0.39, 0.29) is 5.91 Å². The maximum Gasteiger partial charge on any atom is 0.255 e. The summed E-state index contributed by atoms with van der Waals surface area (Å²) in [4.78, 5) is 17.9. The number of aromatic nitrogens is 4. The van der Waals surface area contributed by atoms with Crippen molar-refractivity contribution >= 4 is 23.4 Å². The molecule has 0 bridgehead atoms. The molecule has 6 nitrogen and oxygen atoms in total. The number of amides is 1. The summed E-state index contributed by atoms with van der Waals surface area (Å²) in [5.74, 6) is 1.15. The number of nitrogens with zero attached hydrogens (tertiary/aromatic N) is 5. The molecule has 3 heterocycles. The van der Waals surface area contributed by atoms with E-state index in [0.29, 0.717) is 16.7 Å². The van der Waals surface area contributed by atoms with Gasteiger partial charge < -0.3 is 4.90 Å². The lowest BCUT2D eigenvalue weighted by Crippen LogP contribution is -2.29. The molecule has 1 aliphatic rings. The fraction of sp³-hybridized carbons (Fsp3) is 0.455. The Morgan fingerprint density at radius 2 is 2.17 bits per heavy atom. The van der Waals surface area contributed by atoms with Gasteiger partial charge in [0.15, 0.2) is 5.16 Å². The summed E-state index contributed by atoms with van der Waals surface area (Å²) in [6.07, 6.45) is 5.77. The first-order valence-electron chi connectivity index (χ1n) is 5.91. The van der Waals surface area contributed by atoms with E-state index in [2.05, 4.69) is 15.2 Å². The van der Waals surface area contributed by atoms with Crippen molar-refractivity contribution in [2.24, 2.45) is 0 Å². The zero-order chi connectivity index (χ0) is 12.4. The third-order valence-corrected chi connectivity index (χ3v) is 3.87. The zero-order valence-electron chi connectivity index (χ0n) is 9.82. The van der Waals surface area contributed by atoms with Gasteiger partial charge in [-0.25, -0.2) is 4.98 Å². The average molecular weight is 263 g/mol.